The van der Waals surface area contributed by atoms with Crippen LogP contribution in [0.2, 0.25) is 0 Å². The highest BCUT2D eigenvalue weighted by molar-refractivity contribution is 7.45. The van der Waals surface area contributed by atoms with E-state index in [0.717, 1.165) is 25.3 Å². The van der Waals surface area contributed by atoms with E-state index in [9.17, 15) is 19.4 Å². The second-order valence-electron chi connectivity index (χ2n) is 9.51. The predicted molar refractivity (Wildman–Crippen MR) is 157 cm³/mol. The standard InChI is InChI=1S/C30H50NO7P/c1-5-6-7-8-9-10-11-12-13-14-15-16-17-18-19-20-21-22-23-24-30(33)38-29(27-32)28-37-39(34,35)36-26-25-31(2,3)4/h6-7,9-10,12-13,15-16,18-19,21-22,29,32H,5,8,11,14,17,20,23-28H2,1-4H3/b7-6-,10-9-,13-12-,16-15-,19-18-,22-21-/t29-/m1/s1/i1D3,5D2. The van der Waals surface area contributed by atoms with E-state index in [1.165, 1.54) is 6.08 Å². The van der Waals surface area contributed by atoms with Gasteiger partial charge in [0.05, 0.1) is 34.4 Å². The average Bonchev–Trinajstić information content (AvgIpc) is 2.90. The molecular weight excluding hydrogens is 517 g/mol. The Morgan fingerprint density at radius 2 is 1.38 bits per heavy atom. The van der Waals surface area contributed by atoms with Gasteiger partial charge in [-0.1, -0.05) is 79.8 Å². The van der Waals surface area contributed by atoms with Crippen molar-refractivity contribution in [3.8, 4) is 0 Å². The van der Waals surface area contributed by atoms with Crippen LogP contribution >= 0.6 is 7.82 Å². The molecule has 0 saturated carbocycles. The van der Waals surface area contributed by atoms with Gasteiger partial charge >= 0.3 is 5.97 Å². The summed E-state index contributed by atoms with van der Waals surface area (Å²) in [6.07, 6.45) is 23.1. The number of hydrogen-bond donors (Lipinski definition) is 1. The molecule has 0 saturated heterocycles. The Balaban J connectivity index is 4.01. The topological polar surface area (TPSA) is 105 Å². The summed E-state index contributed by atoms with van der Waals surface area (Å²) in [5, 5.41) is 9.37. The molecule has 0 rings (SSSR count). The zero-order chi connectivity index (χ0) is 33.5. The lowest BCUT2D eigenvalue weighted by molar-refractivity contribution is -0.870. The average molecular weight is 573 g/mol. The van der Waals surface area contributed by atoms with Gasteiger partial charge in [0.2, 0.25) is 0 Å². The minimum Gasteiger partial charge on any atom is -0.756 e. The van der Waals surface area contributed by atoms with Crippen molar-refractivity contribution in [2.45, 2.75) is 64.3 Å². The number of carbonyl (C=O) groups excluding carboxylic acids is 1. The fourth-order valence-electron chi connectivity index (χ4n) is 2.71. The van der Waals surface area contributed by atoms with Crippen LogP contribution in [-0.4, -0.2) is 69.2 Å². The number of carbonyl (C=O) groups is 1. The van der Waals surface area contributed by atoms with Crippen LogP contribution in [-0.2, 0) is 23.1 Å². The largest absolute Gasteiger partial charge is 0.756 e. The fraction of sp³-hybridized carbons (Fsp3) is 0.567. The number of phosphoric acid groups is 1. The highest BCUT2D eigenvalue weighted by Crippen LogP contribution is 2.38. The lowest BCUT2D eigenvalue weighted by Crippen LogP contribution is -2.37. The minimum atomic E-state index is -4.56. The van der Waals surface area contributed by atoms with Crippen molar-refractivity contribution >= 4 is 13.8 Å². The zero-order valence-electron chi connectivity index (χ0n) is 28.6. The number of rotatable bonds is 23. The van der Waals surface area contributed by atoms with Crippen LogP contribution in [0.15, 0.2) is 72.9 Å². The van der Waals surface area contributed by atoms with E-state index in [1.54, 1.807) is 0 Å². The molecule has 0 amide bonds. The molecule has 1 N–H and O–H groups in total. The summed E-state index contributed by atoms with van der Waals surface area (Å²) in [6.45, 7) is -3.35. The SMILES string of the molecule is [2H]C([2H])([2H])C([2H])([2H])/C=C\C/C=C\C/C=C\C/C=C\C/C=C\C/C=C\CCC(=O)O[C@H](CO)COP(=O)([O-])OCC[N+](C)(C)C. The lowest BCUT2D eigenvalue weighted by Gasteiger charge is -2.28. The molecule has 0 aliphatic heterocycles. The molecule has 2 atom stereocenters. The number of aliphatic hydroxyl groups excluding tert-OH is 1. The van der Waals surface area contributed by atoms with E-state index < -0.39 is 46.3 Å². The first kappa shape index (κ1) is 28.5. The van der Waals surface area contributed by atoms with Gasteiger partial charge in [-0.25, -0.2) is 0 Å². The van der Waals surface area contributed by atoms with E-state index in [1.807, 2.05) is 69.8 Å². The number of esters is 1. The third-order valence-corrected chi connectivity index (χ3v) is 5.81. The van der Waals surface area contributed by atoms with Crippen molar-refractivity contribution in [3.63, 3.8) is 0 Å². The van der Waals surface area contributed by atoms with Crippen LogP contribution in [0, 0.1) is 0 Å². The highest BCUT2D eigenvalue weighted by Gasteiger charge is 2.19. The Labute approximate surface area is 243 Å². The molecule has 0 bridgehead atoms. The first-order valence-corrected chi connectivity index (χ1v) is 14.6. The van der Waals surface area contributed by atoms with Crippen molar-refractivity contribution in [1.29, 1.82) is 0 Å². The van der Waals surface area contributed by atoms with Gasteiger partial charge in [-0.05, 0) is 44.9 Å². The third kappa shape index (κ3) is 27.3. The van der Waals surface area contributed by atoms with Crippen molar-refractivity contribution in [1.82, 2.24) is 0 Å². The first-order valence-electron chi connectivity index (χ1n) is 15.6. The summed E-state index contributed by atoms with van der Waals surface area (Å²) in [5.74, 6) is -0.569. The number of likely N-dealkylation sites (N-methyl/N-ethyl adjacent to an activating group) is 1. The number of hydrogen-bond acceptors (Lipinski definition) is 7. The molecule has 222 valence electrons. The van der Waals surface area contributed by atoms with Crippen LogP contribution in [0.4, 0.5) is 0 Å². The number of quaternary nitrogens is 1. The number of nitrogens with zero attached hydrogens (tertiary/aromatic N) is 1. The maximum Gasteiger partial charge on any atom is 0.306 e. The second kappa shape index (κ2) is 23.8. The fourth-order valence-corrected chi connectivity index (χ4v) is 3.44. The molecule has 1 unspecified atom stereocenters. The lowest BCUT2D eigenvalue weighted by atomic mass is 10.2. The van der Waals surface area contributed by atoms with Gasteiger partial charge in [0.25, 0.3) is 7.82 Å². The quantitative estimate of drug-likeness (QED) is 0.0738. The maximum absolute atomic E-state index is 12.0. The molecule has 0 fully saturated rings. The summed E-state index contributed by atoms with van der Waals surface area (Å²) >= 11 is 0. The summed E-state index contributed by atoms with van der Waals surface area (Å²) in [6, 6.07) is 0. The van der Waals surface area contributed by atoms with Gasteiger partial charge in [0.15, 0.2) is 0 Å². The van der Waals surface area contributed by atoms with Gasteiger partial charge in [0, 0.05) is 13.3 Å². The molecule has 0 aliphatic carbocycles. The monoisotopic (exact) mass is 572 g/mol. The Kier molecular flexibility index (Phi) is 17.4. The summed E-state index contributed by atoms with van der Waals surface area (Å²) in [5.41, 5.74) is 0. The van der Waals surface area contributed by atoms with Crippen molar-refractivity contribution in [2.24, 2.45) is 0 Å². The van der Waals surface area contributed by atoms with Crippen molar-refractivity contribution in [2.75, 3.05) is 47.5 Å². The Morgan fingerprint density at radius 1 is 0.897 bits per heavy atom. The second-order valence-corrected chi connectivity index (χ2v) is 10.9. The van der Waals surface area contributed by atoms with Crippen molar-refractivity contribution < 1.29 is 44.5 Å². The van der Waals surface area contributed by atoms with Gasteiger partial charge in [-0.3, -0.25) is 9.36 Å². The molecule has 0 radical (unpaired) electrons. The van der Waals surface area contributed by atoms with E-state index in [0.29, 0.717) is 30.3 Å². The molecule has 0 heterocycles. The molecule has 39 heavy (non-hydrogen) atoms. The van der Waals surface area contributed by atoms with E-state index >= 15 is 0 Å². The molecule has 0 aromatic rings. The number of phosphoric ester groups is 1. The van der Waals surface area contributed by atoms with Gasteiger partial charge < -0.3 is 28.3 Å². The molecule has 0 aromatic carbocycles. The van der Waals surface area contributed by atoms with Crippen LogP contribution in [0.25, 0.3) is 0 Å². The van der Waals surface area contributed by atoms with Gasteiger partial charge in [-0.2, -0.15) is 0 Å². The summed E-state index contributed by atoms with van der Waals surface area (Å²) in [4.78, 5) is 23.8. The summed E-state index contributed by atoms with van der Waals surface area (Å²) < 4.78 is 63.4. The zero-order valence-corrected chi connectivity index (χ0v) is 24.5. The van der Waals surface area contributed by atoms with E-state index in [4.69, 9.17) is 20.6 Å². The third-order valence-electron chi connectivity index (χ3n) is 4.84. The van der Waals surface area contributed by atoms with Crippen LogP contribution < -0.4 is 4.89 Å². The van der Waals surface area contributed by atoms with Gasteiger partial charge in [-0.15, -0.1) is 0 Å². The van der Waals surface area contributed by atoms with Crippen LogP contribution in [0.5, 0.6) is 0 Å². The molecule has 8 nitrogen and oxygen atoms in total. The smallest absolute Gasteiger partial charge is 0.306 e. The highest BCUT2D eigenvalue weighted by atomic mass is 31.2. The molecule has 0 aromatic heterocycles. The predicted octanol–water partition coefficient (Wildman–Crippen LogP) is 5.58. The maximum atomic E-state index is 12.0. The number of ether oxygens (including phenoxy) is 1. The molecule has 0 aliphatic rings. The minimum absolute atomic E-state index is 0.0467. The number of allylic oxidation sites excluding steroid dienone is 12. The van der Waals surface area contributed by atoms with E-state index in [2.05, 4.69) is 12.2 Å². The molecule has 0 spiro atoms. The van der Waals surface area contributed by atoms with Gasteiger partial charge in [0.1, 0.15) is 19.3 Å². The molecular formula is C30H50NO7P. The summed E-state index contributed by atoms with van der Waals surface area (Å²) in [7, 11) is 1.11. The van der Waals surface area contributed by atoms with E-state index in [-0.39, 0.29) is 13.0 Å². The van der Waals surface area contributed by atoms with Crippen LogP contribution in [0.1, 0.15) is 65.0 Å². The Morgan fingerprint density at radius 3 is 1.85 bits per heavy atom. The normalized spacial score (nSPS) is 18.1. The Bertz CT molecular complexity index is 1030. The first-order chi connectivity index (χ1) is 20.5. The van der Waals surface area contributed by atoms with Crippen molar-refractivity contribution in [3.05, 3.63) is 72.9 Å². The number of aliphatic hydroxyl groups is 1. The molecule has 9 heteroatoms. The van der Waals surface area contributed by atoms with Crippen LogP contribution in [0.3, 0.4) is 0 Å². The Hall–Kier alpha value is -2.06.